The fourth-order valence-corrected chi connectivity index (χ4v) is 2.73. The van der Waals surface area contributed by atoms with Crippen molar-refractivity contribution in [3.8, 4) is 11.8 Å². The Labute approximate surface area is 135 Å². The van der Waals surface area contributed by atoms with Crippen molar-refractivity contribution in [1.82, 2.24) is 9.88 Å². The van der Waals surface area contributed by atoms with Crippen molar-refractivity contribution in [2.45, 2.75) is 6.54 Å². The number of piperazine rings is 1. The summed E-state index contributed by atoms with van der Waals surface area (Å²) in [5, 5.41) is 18.2. The van der Waals surface area contributed by atoms with Crippen molar-refractivity contribution >= 4 is 11.6 Å². The summed E-state index contributed by atoms with van der Waals surface area (Å²) >= 11 is 0. The zero-order chi connectivity index (χ0) is 16.2. The van der Waals surface area contributed by atoms with E-state index in [1.54, 1.807) is 18.2 Å². The van der Waals surface area contributed by atoms with Crippen LogP contribution in [-0.2, 0) is 6.54 Å². The van der Waals surface area contributed by atoms with Gasteiger partial charge in [-0.05, 0) is 29.8 Å². The van der Waals surface area contributed by atoms with Crippen molar-refractivity contribution in [2.24, 2.45) is 0 Å². The number of nitriles is 1. The predicted molar refractivity (Wildman–Crippen MR) is 89.0 cm³/mol. The Balaban J connectivity index is 1.59. The first-order valence-corrected chi connectivity index (χ1v) is 7.57. The van der Waals surface area contributed by atoms with Gasteiger partial charge in [-0.25, -0.2) is 4.98 Å². The maximum Gasteiger partial charge on any atom is 0.143 e. The number of phenols is 1. The Morgan fingerprint density at radius 2 is 1.78 bits per heavy atom. The summed E-state index contributed by atoms with van der Waals surface area (Å²) in [5.41, 5.74) is 7.40. The SMILES string of the molecule is N#Cc1ccc(N2CCN(Cc3ccc(O)cc3)CC2)nc1N. The summed E-state index contributed by atoms with van der Waals surface area (Å²) < 4.78 is 0. The minimum absolute atomic E-state index is 0.288. The molecule has 0 atom stereocenters. The average molecular weight is 309 g/mol. The lowest BCUT2D eigenvalue weighted by molar-refractivity contribution is 0.249. The molecule has 0 radical (unpaired) electrons. The molecular weight excluding hydrogens is 290 g/mol. The smallest absolute Gasteiger partial charge is 0.143 e. The topological polar surface area (TPSA) is 89.4 Å². The van der Waals surface area contributed by atoms with E-state index in [0.29, 0.717) is 11.3 Å². The number of rotatable bonds is 3. The largest absolute Gasteiger partial charge is 0.508 e. The van der Waals surface area contributed by atoms with Gasteiger partial charge in [-0.15, -0.1) is 0 Å². The minimum atomic E-state index is 0.288. The van der Waals surface area contributed by atoms with E-state index in [4.69, 9.17) is 11.0 Å². The second-order valence-electron chi connectivity index (χ2n) is 5.64. The first kappa shape index (κ1) is 15.1. The molecule has 1 aromatic carbocycles. The molecule has 0 unspecified atom stereocenters. The van der Waals surface area contributed by atoms with Crippen molar-refractivity contribution in [2.75, 3.05) is 36.8 Å². The summed E-state index contributed by atoms with van der Waals surface area (Å²) in [6.07, 6.45) is 0. The normalized spacial score (nSPS) is 15.3. The molecule has 118 valence electrons. The molecule has 23 heavy (non-hydrogen) atoms. The Hall–Kier alpha value is -2.78. The fourth-order valence-electron chi connectivity index (χ4n) is 2.73. The summed E-state index contributed by atoms with van der Waals surface area (Å²) in [7, 11) is 0. The summed E-state index contributed by atoms with van der Waals surface area (Å²) in [6, 6.07) is 12.9. The van der Waals surface area contributed by atoms with Gasteiger partial charge < -0.3 is 15.7 Å². The number of nitrogen functional groups attached to an aromatic ring is 1. The molecule has 2 heterocycles. The monoisotopic (exact) mass is 309 g/mol. The quantitative estimate of drug-likeness (QED) is 0.894. The molecule has 3 rings (SSSR count). The van der Waals surface area contributed by atoms with Crippen LogP contribution in [0.4, 0.5) is 11.6 Å². The summed E-state index contributed by atoms with van der Waals surface area (Å²) in [6.45, 7) is 4.48. The van der Waals surface area contributed by atoms with Crippen LogP contribution in [0.25, 0.3) is 0 Å². The number of hydrogen-bond donors (Lipinski definition) is 2. The molecule has 1 aliphatic heterocycles. The van der Waals surface area contributed by atoms with E-state index in [1.165, 1.54) is 5.56 Å². The van der Waals surface area contributed by atoms with Gasteiger partial charge in [0.15, 0.2) is 0 Å². The molecule has 6 nitrogen and oxygen atoms in total. The molecule has 0 saturated carbocycles. The predicted octanol–water partition coefficient (Wildman–Crippen LogP) is 1.56. The second kappa shape index (κ2) is 6.55. The lowest BCUT2D eigenvalue weighted by atomic mass is 10.2. The molecule has 0 spiro atoms. The molecule has 0 bridgehead atoms. The number of aromatic nitrogens is 1. The maximum atomic E-state index is 9.33. The number of nitrogens with zero attached hydrogens (tertiary/aromatic N) is 4. The second-order valence-corrected chi connectivity index (χ2v) is 5.64. The Morgan fingerprint density at radius 1 is 1.09 bits per heavy atom. The van der Waals surface area contributed by atoms with Crippen LogP contribution in [0.5, 0.6) is 5.75 Å². The molecule has 1 saturated heterocycles. The third-order valence-corrected chi connectivity index (χ3v) is 4.07. The van der Waals surface area contributed by atoms with Crippen molar-refractivity contribution in [3.63, 3.8) is 0 Å². The number of anilines is 2. The number of nitrogens with two attached hydrogens (primary N) is 1. The number of pyridine rings is 1. The third kappa shape index (κ3) is 3.52. The van der Waals surface area contributed by atoms with E-state index >= 15 is 0 Å². The van der Waals surface area contributed by atoms with Gasteiger partial charge in [0, 0.05) is 32.7 Å². The molecule has 0 aliphatic carbocycles. The molecule has 0 amide bonds. The van der Waals surface area contributed by atoms with Gasteiger partial charge in [0.2, 0.25) is 0 Å². The lowest BCUT2D eigenvalue weighted by Gasteiger charge is -2.35. The molecular formula is C17H19N5O. The number of benzene rings is 1. The van der Waals surface area contributed by atoms with Crippen molar-refractivity contribution in [1.29, 1.82) is 5.26 Å². The lowest BCUT2D eigenvalue weighted by Crippen LogP contribution is -2.46. The third-order valence-electron chi connectivity index (χ3n) is 4.07. The fraction of sp³-hybridized carbons (Fsp3) is 0.294. The van der Waals surface area contributed by atoms with Gasteiger partial charge in [0.1, 0.15) is 23.5 Å². The van der Waals surface area contributed by atoms with Crippen LogP contribution >= 0.6 is 0 Å². The van der Waals surface area contributed by atoms with E-state index in [1.807, 2.05) is 24.3 Å². The Bertz CT molecular complexity index is 715. The zero-order valence-corrected chi connectivity index (χ0v) is 12.8. The van der Waals surface area contributed by atoms with Gasteiger partial charge in [-0.3, -0.25) is 4.90 Å². The van der Waals surface area contributed by atoms with Crippen LogP contribution in [0.3, 0.4) is 0 Å². The van der Waals surface area contributed by atoms with E-state index in [-0.39, 0.29) is 5.82 Å². The molecule has 1 fully saturated rings. The van der Waals surface area contributed by atoms with E-state index in [9.17, 15) is 5.11 Å². The van der Waals surface area contributed by atoms with Crippen LogP contribution in [-0.4, -0.2) is 41.2 Å². The number of phenolic OH excluding ortho intramolecular Hbond substituents is 1. The average Bonchev–Trinajstić information content (AvgIpc) is 2.57. The highest BCUT2D eigenvalue weighted by molar-refractivity contribution is 5.54. The Morgan fingerprint density at radius 3 is 2.39 bits per heavy atom. The highest BCUT2D eigenvalue weighted by atomic mass is 16.3. The molecule has 1 aliphatic rings. The van der Waals surface area contributed by atoms with E-state index in [2.05, 4.69) is 14.8 Å². The zero-order valence-electron chi connectivity index (χ0n) is 12.8. The van der Waals surface area contributed by atoms with Gasteiger partial charge in [0.05, 0.1) is 5.56 Å². The molecule has 3 N–H and O–H groups in total. The molecule has 2 aromatic rings. The van der Waals surface area contributed by atoms with E-state index in [0.717, 1.165) is 38.5 Å². The van der Waals surface area contributed by atoms with Crippen LogP contribution in [0.1, 0.15) is 11.1 Å². The van der Waals surface area contributed by atoms with Gasteiger partial charge in [-0.1, -0.05) is 12.1 Å². The Kier molecular flexibility index (Phi) is 4.31. The van der Waals surface area contributed by atoms with Gasteiger partial charge in [0.25, 0.3) is 0 Å². The minimum Gasteiger partial charge on any atom is -0.508 e. The first-order valence-electron chi connectivity index (χ1n) is 7.57. The summed E-state index contributed by atoms with van der Waals surface area (Å²) in [4.78, 5) is 8.88. The summed E-state index contributed by atoms with van der Waals surface area (Å²) in [5.74, 6) is 1.41. The first-order chi connectivity index (χ1) is 11.2. The van der Waals surface area contributed by atoms with Crippen LogP contribution in [0.15, 0.2) is 36.4 Å². The van der Waals surface area contributed by atoms with Gasteiger partial charge >= 0.3 is 0 Å². The molecule has 6 heteroatoms. The highest BCUT2D eigenvalue weighted by Crippen LogP contribution is 2.19. The number of hydrogen-bond acceptors (Lipinski definition) is 6. The van der Waals surface area contributed by atoms with Crippen molar-refractivity contribution in [3.05, 3.63) is 47.5 Å². The molecule has 1 aromatic heterocycles. The number of aromatic hydroxyl groups is 1. The van der Waals surface area contributed by atoms with Gasteiger partial charge in [-0.2, -0.15) is 5.26 Å². The highest BCUT2D eigenvalue weighted by Gasteiger charge is 2.18. The van der Waals surface area contributed by atoms with Crippen LogP contribution in [0.2, 0.25) is 0 Å². The van der Waals surface area contributed by atoms with Crippen molar-refractivity contribution < 1.29 is 5.11 Å². The maximum absolute atomic E-state index is 9.33. The van der Waals surface area contributed by atoms with E-state index < -0.39 is 0 Å². The van der Waals surface area contributed by atoms with Crippen LogP contribution < -0.4 is 10.6 Å². The van der Waals surface area contributed by atoms with Crippen LogP contribution in [0, 0.1) is 11.3 Å². The standard InChI is InChI=1S/C17H19N5O/c18-11-14-3-6-16(20-17(14)19)22-9-7-21(8-10-22)12-13-1-4-15(23)5-2-13/h1-6,23H,7-10,12H2,(H2,19,20).